The molecule has 1 fully saturated rings. The highest BCUT2D eigenvalue weighted by molar-refractivity contribution is 9.09. The van der Waals surface area contributed by atoms with Crippen LogP contribution in [0.15, 0.2) is 24.3 Å². The molecule has 0 unspecified atom stereocenters. The third kappa shape index (κ3) is 3.73. The quantitative estimate of drug-likeness (QED) is 0.837. The van der Waals surface area contributed by atoms with Crippen LogP contribution >= 0.6 is 15.9 Å². The second kappa shape index (κ2) is 7.09. The SMILES string of the molecule is CCOc1ccc(C(=O)NC2(CBr)CCOCC2)cc1. The fraction of sp³-hybridized carbons (Fsp3) is 0.533. The fourth-order valence-corrected chi connectivity index (χ4v) is 2.94. The van der Waals surface area contributed by atoms with Gasteiger partial charge in [-0.1, -0.05) is 15.9 Å². The number of amides is 1. The van der Waals surface area contributed by atoms with Gasteiger partial charge in [-0.2, -0.15) is 0 Å². The minimum absolute atomic E-state index is 0.0469. The molecule has 1 heterocycles. The molecule has 2 rings (SSSR count). The number of hydrogen-bond acceptors (Lipinski definition) is 3. The molecule has 1 saturated heterocycles. The van der Waals surface area contributed by atoms with Gasteiger partial charge in [-0.3, -0.25) is 4.79 Å². The lowest BCUT2D eigenvalue weighted by molar-refractivity contribution is 0.0442. The Labute approximate surface area is 128 Å². The molecule has 1 aromatic rings. The van der Waals surface area contributed by atoms with Gasteiger partial charge in [-0.05, 0) is 44.0 Å². The molecule has 1 aliphatic rings. The first kappa shape index (κ1) is 15.3. The van der Waals surface area contributed by atoms with Gasteiger partial charge in [0.05, 0.1) is 12.1 Å². The van der Waals surface area contributed by atoms with E-state index in [2.05, 4.69) is 21.2 Å². The Morgan fingerprint density at radius 1 is 1.35 bits per heavy atom. The summed E-state index contributed by atoms with van der Waals surface area (Å²) in [6.07, 6.45) is 1.67. The molecule has 1 aliphatic heterocycles. The summed E-state index contributed by atoms with van der Waals surface area (Å²) in [5.74, 6) is 0.736. The third-order valence-corrected chi connectivity index (χ3v) is 4.59. The van der Waals surface area contributed by atoms with E-state index in [0.717, 1.165) is 23.9 Å². The zero-order chi connectivity index (χ0) is 14.4. The Hall–Kier alpha value is -1.07. The van der Waals surface area contributed by atoms with Crippen LogP contribution in [0.2, 0.25) is 0 Å². The smallest absolute Gasteiger partial charge is 0.251 e. The predicted molar refractivity (Wildman–Crippen MR) is 81.7 cm³/mol. The Kier molecular flexibility index (Phi) is 5.43. The number of halogens is 1. The zero-order valence-electron chi connectivity index (χ0n) is 11.7. The normalized spacial score (nSPS) is 17.5. The summed E-state index contributed by atoms with van der Waals surface area (Å²) < 4.78 is 10.7. The average molecular weight is 342 g/mol. The first-order chi connectivity index (χ1) is 9.69. The molecule has 5 heteroatoms. The summed E-state index contributed by atoms with van der Waals surface area (Å²) in [6, 6.07) is 7.23. The molecule has 0 aromatic heterocycles. The Morgan fingerprint density at radius 3 is 2.55 bits per heavy atom. The van der Waals surface area contributed by atoms with Crippen molar-refractivity contribution in [3.8, 4) is 5.75 Å². The highest BCUT2D eigenvalue weighted by atomic mass is 79.9. The fourth-order valence-electron chi connectivity index (χ4n) is 2.24. The van der Waals surface area contributed by atoms with Crippen LogP contribution in [-0.4, -0.2) is 36.6 Å². The van der Waals surface area contributed by atoms with Crippen LogP contribution in [0, 0.1) is 0 Å². The van der Waals surface area contributed by atoms with Gasteiger partial charge in [-0.25, -0.2) is 0 Å². The molecule has 1 aromatic carbocycles. The molecule has 20 heavy (non-hydrogen) atoms. The van der Waals surface area contributed by atoms with Gasteiger partial charge in [0.1, 0.15) is 5.75 Å². The van der Waals surface area contributed by atoms with Crippen LogP contribution in [0.1, 0.15) is 30.1 Å². The van der Waals surface area contributed by atoms with Crippen LogP contribution in [0.25, 0.3) is 0 Å². The first-order valence-corrected chi connectivity index (χ1v) is 8.00. The van der Waals surface area contributed by atoms with Crippen LogP contribution in [-0.2, 0) is 4.74 Å². The highest BCUT2D eigenvalue weighted by Gasteiger charge is 2.33. The number of nitrogens with one attached hydrogen (secondary N) is 1. The van der Waals surface area contributed by atoms with Gasteiger partial charge in [0.2, 0.25) is 0 Å². The first-order valence-electron chi connectivity index (χ1n) is 6.88. The molecule has 4 nitrogen and oxygen atoms in total. The zero-order valence-corrected chi connectivity index (χ0v) is 13.2. The lowest BCUT2D eigenvalue weighted by atomic mass is 9.92. The predicted octanol–water partition coefficient (Wildman–Crippen LogP) is 2.76. The Balaban J connectivity index is 2.03. The van der Waals surface area contributed by atoms with Gasteiger partial charge in [0, 0.05) is 24.1 Å². The van der Waals surface area contributed by atoms with Crippen LogP contribution < -0.4 is 10.1 Å². The van der Waals surface area contributed by atoms with Crippen LogP contribution in [0.5, 0.6) is 5.75 Å². The molecule has 110 valence electrons. The van der Waals surface area contributed by atoms with E-state index in [1.165, 1.54) is 0 Å². The molecule has 1 N–H and O–H groups in total. The summed E-state index contributed by atoms with van der Waals surface area (Å²) >= 11 is 3.51. The van der Waals surface area contributed by atoms with Crippen molar-refractivity contribution < 1.29 is 14.3 Å². The number of alkyl halides is 1. The van der Waals surface area contributed by atoms with E-state index in [4.69, 9.17) is 9.47 Å². The topological polar surface area (TPSA) is 47.6 Å². The molecule has 0 bridgehead atoms. The van der Waals surface area contributed by atoms with E-state index in [1.54, 1.807) is 12.1 Å². The lowest BCUT2D eigenvalue weighted by Gasteiger charge is -2.36. The molecular weight excluding hydrogens is 322 g/mol. The van der Waals surface area contributed by atoms with Crippen LogP contribution in [0.4, 0.5) is 0 Å². The highest BCUT2D eigenvalue weighted by Crippen LogP contribution is 2.24. The van der Waals surface area contributed by atoms with Gasteiger partial charge < -0.3 is 14.8 Å². The average Bonchev–Trinajstić information content (AvgIpc) is 2.49. The second-order valence-electron chi connectivity index (χ2n) is 4.94. The van der Waals surface area contributed by atoms with E-state index in [9.17, 15) is 4.79 Å². The maximum atomic E-state index is 12.3. The standard InChI is InChI=1S/C15H20BrNO3/c1-2-20-13-5-3-12(4-6-13)14(18)17-15(11-16)7-9-19-10-8-15/h3-6H,2,7-11H2,1H3,(H,17,18). The van der Waals surface area contributed by atoms with Crippen molar-refractivity contribution >= 4 is 21.8 Å². The van der Waals surface area contributed by atoms with Crippen molar-refractivity contribution in [1.82, 2.24) is 5.32 Å². The van der Waals surface area contributed by atoms with Gasteiger partial charge >= 0.3 is 0 Å². The maximum absolute atomic E-state index is 12.3. The number of rotatable bonds is 5. The lowest BCUT2D eigenvalue weighted by Crippen LogP contribution is -2.53. The molecular formula is C15H20BrNO3. The second-order valence-corrected chi connectivity index (χ2v) is 5.50. The third-order valence-electron chi connectivity index (χ3n) is 3.51. The summed E-state index contributed by atoms with van der Waals surface area (Å²) in [5.41, 5.74) is 0.453. The molecule has 0 aliphatic carbocycles. The Bertz CT molecular complexity index is 441. The van der Waals surface area contributed by atoms with Crippen LogP contribution in [0.3, 0.4) is 0 Å². The molecule has 0 atom stereocenters. The van der Waals surface area contributed by atoms with Crippen molar-refractivity contribution in [2.24, 2.45) is 0 Å². The molecule has 0 saturated carbocycles. The molecule has 0 spiro atoms. The van der Waals surface area contributed by atoms with E-state index in [0.29, 0.717) is 25.4 Å². The van der Waals surface area contributed by atoms with Crippen molar-refractivity contribution in [2.45, 2.75) is 25.3 Å². The number of carbonyl (C=O) groups is 1. The minimum Gasteiger partial charge on any atom is -0.494 e. The van der Waals surface area contributed by atoms with Gasteiger partial charge in [0.15, 0.2) is 0 Å². The molecule has 1 amide bonds. The van der Waals surface area contributed by atoms with E-state index in [-0.39, 0.29) is 11.4 Å². The van der Waals surface area contributed by atoms with Crippen molar-refractivity contribution in [3.63, 3.8) is 0 Å². The van der Waals surface area contributed by atoms with Crippen molar-refractivity contribution in [2.75, 3.05) is 25.2 Å². The Morgan fingerprint density at radius 2 is 2.00 bits per heavy atom. The summed E-state index contributed by atoms with van der Waals surface area (Å²) in [4.78, 5) is 12.3. The largest absolute Gasteiger partial charge is 0.494 e. The van der Waals surface area contributed by atoms with Gasteiger partial charge in [0.25, 0.3) is 5.91 Å². The van der Waals surface area contributed by atoms with Crippen molar-refractivity contribution in [1.29, 1.82) is 0 Å². The summed E-state index contributed by atoms with van der Waals surface area (Å²) in [7, 11) is 0. The van der Waals surface area contributed by atoms with Gasteiger partial charge in [-0.15, -0.1) is 0 Å². The van der Waals surface area contributed by atoms with Crippen molar-refractivity contribution in [3.05, 3.63) is 29.8 Å². The maximum Gasteiger partial charge on any atom is 0.251 e. The molecule has 0 radical (unpaired) electrons. The summed E-state index contributed by atoms with van der Waals surface area (Å²) in [5, 5.41) is 3.89. The number of hydrogen-bond donors (Lipinski definition) is 1. The summed E-state index contributed by atoms with van der Waals surface area (Å²) in [6.45, 7) is 3.94. The number of benzene rings is 1. The van der Waals surface area contributed by atoms with E-state index in [1.807, 2.05) is 19.1 Å². The minimum atomic E-state index is -0.200. The van der Waals surface area contributed by atoms with E-state index < -0.39 is 0 Å². The van der Waals surface area contributed by atoms with E-state index >= 15 is 0 Å². The number of carbonyl (C=O) groups excluding carboxylic acids is 1. The number of ether oxygens (including phenoxy) is 2. The monoisotopic (exact) mass is 341 g/mol.